The monoisotopic (exact) mass is 137 g/mol. The fraction of sp³-hybridized carbons (Fsp3) is 0.667. The summed E-state index contributed by atoms with van der Waals surface area (Å²) in [6.07, 6.45) is 2.11. The van der Waals surface area contributed by atoms with E-state index in [1.807, 2.05) is 0 Å². The molecule has 0 saturated carbocycles. The molecule has 1 N–H and O–H groups in total. The van der Waals surface area contributed by atoms with E-state index in [-0.39, 0.29) is 0 Å². The summed E-state index contributed by atoms with van der Waals surface area (Å²) in [6, 6.07) is 0. The van der Waals surface area contributed by atoms with Gasteiger partial charge in [-0.2, -0.15) is 0 Å². The lowest BCUT2D eigenvalue weighted by atomic mass is 10.0. The smallest absolute Gasteiger partial charge is 0.0581 e. The van der Waals surface area contributed by atoms with Gasteiger partial charge in [-0.05, 0) is 12.0 Å². The first-order valence-electron chi connectivity index (χ1n) is 3.90. The Labute approximate surface area is 62.8 Å². The van der Waals surface area contributed by atoms with E-state index in [2.05, 4.69) is 37.9 Å². The van der Waals surface area contributed by atoms with Crippen LogP contribution in [0, 0.1) is 11.8 Å². The summed E-state index contributed by atoms with van der Waals surface area (Å²) in [4.78, 5) is 0. The molecule has 1 heteroatoms. The second kappa shape index (κ2) is 2.94. The van der Waals surface area contributed by atoms with Crippen LogP contribution >= 0.6 is 0 Å². The van der Waals surface area contributed by atoms with Crippen molar-refractivity contribution in [2.75, 3.05) is 6.54 Å². The van der Waals surface area contributed by atoms with Gasteiger partial charge in [-0.3, -0.25) is 0 Å². The maximum Gasteiger partial charge on any atom is 0.0581 e. The van der Waals surface area contributed by atoms with E-state index in [1.165, 1.54) is 5.70 Å². The van der Waals surface area contributed by atoms with Gasteiger partial charge in [0.15, 0.2) is 0 Å². The van der Waals surface area contributed by atoms with Crippen LogP contribution in [0.2, 0.25) is 0 Å². The molecular formula is C9H15N. The Morgan fingerprint density at radius 3 is 2.70 bits per heavy atom. The third kappa shape index (κ3) is 1.65. The highest BCUT2D eigenvalue weighted by Gasteiger charge is 2.16. The van der Waals surface area contributed by atoms with Gasteiger partial charge < -0.3 is 5.32 Å². The highest BCUT2D eigenvalue weighted by atomic mass is 15.0. The summed E-state index contributed by atoms with van der Waals surface area (Å²) < 4.78 is 0. The van der Waals surface area contributed by atoms with Crippen LogP contribution in [0.3, 0.4) is 0 Å². The van der Waals surface area contributed by atoms with Gasteiger partial charge in [0.1, 0.15) is 0 Å². The molecule has 1 aliphatic rings. The quantitative estimate of drug-likeness (QED) is 0.544. The van der Waals surface area contributed by atoms with Crippen LogP contribution in [0.15, 0.2) is 17.5 Å². The molecule has 56 valence electrons. The van der Waals surface area contributed by atoms with Crippen molar-refractivity contribution in [3.63, 3.8) is 0 Å². The van der Waals surface area contributed by atoms with E-state index in [0.717, 1.165) is 6.54 Å². The minimum absolute atomic E-state index is 0.613. The van der Waals surface area contributed by atoms with E-state index in [0.29, 0.717) is 11.8 Å². The molecule has 0 amide bonds. The first-order chi connectivity index (χ1) is 4.70. The number of hydrogen-bond acceptors (Lipinski definition) is 1. The summed E-state index contributed by atoms with van der Waals surface area (Å²) in [5.41, 5.74) is 4.52. The molecule has 1 saturated heterocycles. The van der Waals surface area contributed by atoms with Gasteiger partial charge in [-0.25, -0.2) is 0 Å². The predicted molar refractivity (Wildman–Crippen MR) is 43.6 cm³/mol. The van der Waals surface area contributed by atoms with Gasteiger partial charge in [0.2, 0.25) is 0 Å². The Hall–Kier alpha value is -0.680. The van der Waals surface area contributed by atoms with Gasteiger partial charge in [0, 0.05) is 12.5 Å². The summed E-state index contributed by atoms with van der Waals surface area (Å²) in [5.74, 6) is 1.32. The lowest BCUT2D eigenvalue weighted by Crippen LogP contribution is -2.36. The van der Waals surface area contributed by atoms with Crippen LogP contribution < -0.4 is 5.32 Å². The van der Waals surface area contributed by atoms with Gasteiger partial charge >= 0.3 is 0 Å². The molecule has 0 aromatic heterocycles. The minimum atomic E-state index is 0.613. The third-order valence-electron chi connectivity index (χ3n) is 1.66. The fourth-order valence-electron chi connectivity index (χ4n) is 0.858. The van der Waals surface area contributed by atoms with Crippen LogP contribution in [0.1, 0.15) is 20.8 Å². The lowest BCUT2D eigenvalue weighted by molar-refractivity contribution is 0.474. The number of nitrogens with one attached hydrogen (secondary N) is 1. The van der Waals surface area contributed by atoms with Gasteiger partial charge in [-0.15, -0.1) is 5.73 Å². The fourth-order valence-corrected chi connectivity index (χ4v) is 0.858. The lowest BCUT2D eigenvalue weighted by Gasteiger charge is -2.26. The van der Waals surface area contributed by atoms with E-state index >= 15 is 0 Å². The summed E-state index contributed by atoms with van der Waals surface area (Å²) in [5, 5.41) is 3.22. The van der Waals surface area contributed by atoms with E-state index in [4.69, 9.17) is 0 Å². The highest BCUT2D eigenvalue weighted by Crippen LogP contribution is 2.14. The molecule has 0 radical (unpaired) electrons. The zero-order valence-corrected chi connectivity index (χ0v) is 6.94. The Bertz CT molecular complexity index is 173. The largest absolute Gasteiger partial charge is 0.381 e. The molecule has 0 aromatic rings. The maximum absolute atomic E-state index is 3.25. The first-order valence-corrected chi connectivity index (χ1v) is 3.90. The van der Waals surface area contributed by atoms with Crippen LogP contribution in [-0.2, 0) is 0 Å². The second-order valence-corrected chi connectivity index (χ2v) is 3.25. The Kier molecular flexibility index (Phi) is 2.18. The Balaban J connectivity index is 2.54. The van der Waals surface area contributed by atoms with Crippen molar-refractivity contribution < 1.29 is 0 Å². The molecule has 0 spiro atoms. The SMILES string of the molecule is CC(C)C=C=C1NCC1C. The standard InChI is InChI=1S/C9H15N/c1-7(2)4-5-9-8(3)6-10-9/h4,7-8,10H,6H2,1-3H3. The highest BCUT2D eigenvalue weighted by molar-refractivity contribution is 5.12. The van der Waals surface area contributed by atoms with Crippen molar-refractivity contribution in [1.82, 2.24) is 5.32 Å². The maximum atomic E-state index is 3.25. The predicted octanol–water partition coefficient (Wildman–Crippen LogP) is 1.92. The molecule has 0 aromatic carbocycles. The average Bonchev–Trinajstić information content (AvgIpc) is 1.84. The Morgan fingerprint density at radius 1 is 1.70 bits per heavy atom. The summed E-state index contributed by atoms with van der Waals surface area (Å²) in [7, 11) is 0. The first kappa shape index (κ1) is 7.43. The van der Waals surface area contributed by atoms with Crippen LogP contribution in [0.4, 0.5) is 0 Å². The van der Waals surface area contributed by atoms with E-state index in [1.54, 1.807) is 0 Å². The second-order valence-electron chi connectivity index (χ2n) is 3.25. The normalized spacial score (nSPS) is 23.2. The topological polar surface area (TPSA) is 12.0 Å². The van der Waals surface area contributed by atoms with Crippen molar-refractivity contribution in [1.29, 1.82) is 0 Å². The van der Waals surface area contributed by atoms with Gasteiger partial charge in [0.25, 0.3) is 0 Å². The Morgan fingerprint density at radius 2 is 2.40 bits per heavy atom. The molecule has 1 nitrogen and oxygen atoms in total. The molecule has 0 aliphatic carbocycles. The number of rotatable bonds is 1. The van der Waals surface area contributed by atoms with Crippen molar-refractivity contribution in [3.8, 4) is 0 Å². The molecule has 1 atom stereocenters. The molecule has 1 fully saturated rings. The van der Waals surface area contributed by atoms with Gasteiger partial charge in [0.05, 0.1) is 5.70 Å². The van der Waals surface area contributed by atoms with Crippen molar-refractivity contribution in [2.45, 2.75) is 20.8 Å². The van der Waals surface area contributed by atoms with Crippen molar-refractivity contribution in [3.05, 3.63) is 17.5 Å². The molecule has 0 bridgehead atoms. The molecule has 1 unspecified atom stereocenters. The molecule has 1 rings (SSSR count). The minimum Gasteiger partial charge on any atom is -0.381 e. The third-order valence-corrected chi connectivity index (χ3v) is 1.66. The van der Waals surface area contributed by atoms with Crippen LogP contribution in [0.25, 0.3) is 0 Å². The van der Waals surface area contributed by atoms with Crippen molar-refractivity contribution in [2.24, 2.45) is 11.8 Å². The van der Waals surface area contributed by atoms with E-state index in [9.17, 15) is 0 Å². The average molecular weight is 137 g/mol. The molecular weight excluding hydrogens is 122 g/mol. The van der Waals surface area contributed by atoms with Crippen LogP contribution in [0.5, 0.6) is 0 Å². The molecule has 1 heterocycles. The molecule has 1 aliphatic heterocycles. The number of hydrogen-bond donors (Lipinski definition) is 1. The van der Waals surface area contributed by atoms with E-state index < -0.39 is 0 Å². The zero-order valence-electron chi connectivity index (χ0n) is 6.94. The summed E-state index contributed by atoms with van der Waals surface area (Å²) in [6.45, 7) is 7.66. The molecule has 10 heavy (non-hydrogen) atoms. The van der Waals surface area contributed by atoms with Crippen LogP contribution in [-0.4, -0.2) is 6.54 Å². The zero-order chi connectivity index (χ0) is 7.56. The van der Waals surface area contributed by atoms with Gasteiger partial charge in [-0.1, -0.05) is 20.8 Å². The summed E-state index contributed by atoms with van der Waals surface area (Å²) >= 11 is 0. The van der Waals surface area contributed by atoms with Crippen molar-refractivity contribution >= 4 is 0 Å².